The molecule has 0 spiro atoms. The number of alkyl halides is 3. The fraction of sp³-hybridized carbons (Fsp3) is 0.160. The third kappa shape index (κ3) is 4.19. The van der Waals surface area contributed by atoms with Crippen LogP contribution >= 0.6 is 0 Å². The third-order valence-electron chi connectivity index (χ3n) is 5.14. The molecule has 0 atom stereocenters. The van der Waals surface area contributed by atoms with Crippen LogP contribution in [0.5, 0.6) is 5.75 Å². The van der Waals surface area contributed by atoms with Gasteiger partial charge in [0.05, 0.1) is 16.8 Å². The van der Waals surface area contributed by atoms with Crippen molar-refractivity contribution in [3.8, 4) is 5.75 Å². The Morgan fingerprint density at radius 1 is 0.968 bits per heavy atom. The van der Waals surface area contributed by atoms with Crippen molar-refractivity contribution in [2.24, 2.45) is 0 Å². The van der Waals surface area contributed by atoms with Gasteiger partial charge in [-0.15, -0.1) is 0 Å². The van der Waals surface area contributed by atoms with Crippen LogP contribution in [0.1, 0.15) is 39.7 Å². The van der Waals surface area contributed by atoms with E-state index in [1.54, 1.807) is 16.7 Å². The molecule has 0 N–H and O–H groups in total. The molecule has 3 nitrogen and oxygen atoms in total. The Morgan fingerprint density at radius 3 is 2.45 bits per heavy atom. The first-order valence-corrected chi connectivity index (χ1v) is 9.90. The number of carbonyl (C=O) groups is 1. The average molecular weight is 423 g/mol. The molecule has 0 aliphatic carbocycles. The Kier molecular flexibility index (Phi) is 5.55. The van der Waals surface area contributed by atoms with Gasteiger partial charge in [-0.1, -0.05) is 49.4 Å². The van der Waals surface area contributed by atoms with Gasteiger partial charge >= 0.3 is 6.18 Å². The van der Waals surface area contributed by atoms with Crippen molar-refractivity contribution in [2.75, 3.05) is 0 Å². The van der Waals surface area contributed by atoms with Crippen molar-refractivity contribution >= 4 is 11.3 Å². The Hall–Kier alpha value is -3.54. The zero-order valence-electron chi connectivity index (χ0n) is 16.8. The molecule has 0 bridgehead atoms. The van der Waals surface area contributed by atoms with E-state index in [2.05, 4.69) is 0 Å². The second-order valence-corrected chi connectivity index (χ2v) is 7.18. The quantitative estimate of drug-likeness (QED) is 0.339. The number of aromatic nitrogens is 1. The lowest BCUT2D eigenvalue weighted by molar-refractivity contribution is -0.137. The Labute approximate surface area is 177 Å². The normalized spacial score (nSPS) is 11.6. The van der Waals surface area contributed by atoms with Crippen molar-refractivity contribution in [2.45, 2.75) is 26.1 Å². The van der Waals surface area contributed by atoms with Gasteiger partial charge in [0.2, 0.25) is 5.78 Å². The lowest BCUT2D eigenvalue weighted by Crippen LogP contribution is -2.11. The molecule has 0 radical (unpaired) electrons. The molecule has 0 fully saturated rings. The molecule has 2 aromatic carbocycles. The number of hydrogen-bond donors (Lipinski definition) is 0. The Bertz CT molecular complexity index is 1230. The Morgan fingerprint density at radius 2 is 1.74 bits per heavy atom. The number of ether oxygens (including phenoxy) is 1. The molecule has 0 saturated carbocycles. The number of pyridine rings is 1. The maximum absolute atomic E-state index is 13.2. The van der Waals surface area contributed by atoms with E-state index < -0.39 is 17.5 Å². The third-order valence-corrected chi connectivity index (χ3v) is 5.14. The number of fused-ring (bicyclic) bond motifs is 1. The minimum Gasteiger partial charge on any atom is -0.487 e. The van der Waals surface area contributed by atoms with Crippen LogP contribution in [0, 0.1) is 0 Å². The van der Waals surface area contributed by atoms with Crippen molar-refractivity contribution in [1.82, 2.24) is 4.40 Å². The predicted molar refractivity (Wildman–Crippen MR) is 112 cm³/mol. The second kappa shape index (κ2) is 8.30. The van der Waals surface area contributed by atoms with Crippen molar-refractivity contribution in [3.63, 3.8) is 0 Å². The molecule has 0 aliphatic rings. The second-order valence-electron chi connectivity index (χ2n) is 7.18. The monoisotopic (exact) mass is 423 g/mol. The summed E-state index contributed by atoms with van der Waals surface area (Å²) in [4.78, 5) is 13.2. The molecule has 0 amide bonds. The van der Waals surface area contributed by atoms with Gasteiger partial charge in [-0.05, 0) is 47.9 Å². The molecule has 0 saturated heterocycles. The standard InChI is InChI=1S/C25H20F3NO2/c1-2-18-15-21-22(31-16-17-8-4-3-5-9-17)12-7-13-29(21)23(18)24(30)19-10-6-11-20(14-19)25(26,27)28/h3-15H,2,16H2,1H3. The summed E-state index contributed by atoms with van der Waals surface area (Å²) >= 11 is 0. The lowest BCUT2D eigenvalue weighted by Gasteiger charge is -2.11. The van der Waals surface area contributed by atoms with Crippen molar-refractivity contribution in [3.05, 3.63) is 107 Å². The molecule has 4 rings (SSSR count). The van der Waals surface area contributed by atoms with Gasteiger partial charge in [-0.3, -0.25) is 4.79 Å². The summed E-state index contributed by atoms with van der Waals surface area (Å²) in [6.45, 7) is 2.27. The van der Waals surface area contributed by atoms with Gasteiger partial charge in [-0.2, -0.15) is 13.2 Å². The molecule has 6 heteroatoms. The van der Waals surface area contributed by atoms with E-state index >= 15 is 0 Å². The summed E-state index contributed by atoms with van der Waals surface area (Å²) in [5.74, 6) is 0.146. The zero-order chi connectivity index (χ0) is 22.0. The van der Waals surface area contributed by atoms with Crippen LogP contribution in [0.3, 0.4) is 0 Å². The fourth-order valence-electron chi connectivity index (χ4n) is 3.58. The number of ketones is 1. The zero-order valence-corrected chi connectivity index (χ0v) is 16.8. The van der Waals surface area contributed by atoms with Gasteiger partial charge in [0.25, 0.3) is 0 Å². The molecule has 2 heterocycles. The molecular formula is C25H20F3NO2. The number of halogens is 3. The molecule has 31 heavy (non-hydrogen) atoms. The maximum Gasteiger partial charge on any atom is 0.416 e. The highest BCUT2D eigenvalue weighted by Gasteiger charge is 2.31. The van der Waals surface area contributed by atoms with Crippen LogP contribution in [0.4, 0.5) is 13.2 Å². The van der Waals surface area contributed by atoms with Crippen LogP contribution in [0.2, 0.25) is 0 Å². The number of carbonyl (C=O) groups excluding carboxylic acids is 1. The number of aryl methyl sites for hydroxylation is 1. The summed E-state index contributed by atoms with van der Waals surface area (Å²) in [6.07, 6.45) is -2.23. The van der Waals surface area contributed by atoms with Crippen LogP contribution in [-0.4, -0.2) is 10.2 Å². The summed E-state index contributed by atoms with van der Waals surface area (Å²) in [5.41, 5.74) is 1.96. The minimum absolute atomic E-state index is 0.000122. The van der Waals surface area contributed by atoms with E-state index in [1.165, 1.54) is 12.1 Å². The molecule has 0 unspecified atom stereocenters. The van der Waals surface area contributed by atoms with Gasteiger partial charge in [0.1, 0.15) is 12.4 Å². The fourth-order valence-corrected chi connectivity index (χ4v) is 3.58. The highest BCUT2D eigenvalue weighted by Crippen LogP contribution is 2.32. The van der Waals surface area contributed by atoms with Gasteiger partial charge in [-0.25, -0.2) is 0 Å². The van der Waals surface area contributed by atoms with Crippen molar-refractivity contribution in [1.29, 1.82) is 0 Å². The highest BCUT2D eigenvalue weighted by atomic mass is 19.4. The van der Waals surface area contributed by atoms with Gasteiger partial charge < -0.3 is 9.14 Å². The highest BCUT2D eigenvalue weighted by molar-refractivity contribution is 6.10. The first kappa shape index (κ1) is 20.7. The molecule has 0 aliphatic heterocycles. The number of rotatable bonds is 6. The van der Waals surface area contributed by atoms with E-state index in [0.717, 1.165) is 23.3 Å². The lowest BCUT2D eigenvalue weighted by atomic mass is 10.0. The summed E-state index contributed by atoms with van der Waals surface area (Å²) in [6, 6.07) is 19.7. The van der Waals surface area contributed by atoms with Crippen LogP contribution < -0.4 is 4.74 Å². The van der Waals surface area contributed by atoms with Crippen molar-refractivity contribution < 1.29 is 22.7 Å². The number of nitrogens with zero attached hydrogens (tertiary/aromatic N) is 1. The smallest absolute Gasteiger partial charge is 0.416 e. The largest absolute Gasteiger partial charge is 0.487 e. The summed E-state index contributed by atoms with van der Waals surface area (Å²) in [5, 5.41) is 0. The first-order valence-electron chi connectivity index (χ1n) is 9.90. The van der Waals surface area contributed by atoms with Gasteiger partial charge in [0, 0.05) is 11.8 Å². The number of hydrogen-bond acceptors (Lipinski definition) is 2. The van der Waals surface area contributed by atoms with Gasteiger partial charge in [0.15, 0.2) is 0 Å². The minimum atomic E-state index is -4.51. The molecule has 158 valence electrons. The van der Waals surface area contributed by atoms with Crippen LogP contribution in [0.15, 0.2) is 79.0 Å². The summed E-state index contributed by atoms with van der Waals surface area (Å²) < 4.78 is 47.0. The molecule has 2 aromatic heterocycles. The first-order chi connectivity index (χ1) is 14.9. The summed E-state index contributed by atoms with van der Waals surface area (Å²) in [7, 11) is 0. The average Bonchev–Trinajstić information content (AvgIpc) is 3.16. The topological polar surface area (TPSA) is 30.7 Å². The van der Waals surface area contributed by atoms with E-state index in [1.807, 2.05) is 49.4 Å². The molecule has 4 aromatic rings. The predicted octanol–water partition coefficient (Wildman–Crippen LogP) is 6.33. The Balaban J connectivity index is 1.74. The maximum atomic E-state index is 13.2. The van der Waals surface area contributed by atoms with E-state index in [4.69, 9.17) is 4.74 Å². The number of benzene rings is 2. The van der Waals surface area contributed by atoms with Crippen LogP contribution in [0.25, 0.3) is 5.52 Å². The SMILES string of the molecule is CCc1cc2c(OCc3ccccc3)cccn2c1C(=O)c1cccc(C(F)(F)F)c1. The van der Waals surface area contributed by atoms with Crippen LogP contribution in [-0.2, 0) is 19.2 Å². The molecular weight excluding hydrogens is 403 g/mol. The van der Waals surface area contributed by atoms with E-state index in [-0.39, 0.29) is 5.56 Å². The van der Waals surface area contributed by atoms with E-state index in [9.17, 15) is 18.0 Å². The van der Waals surface area contributed by atoms with E-state index in [0.29, 0.717) is 30.0 Å².